The molecule has 1 unspecified atom stereocenters. The third kappa shape index (κ3) is 4.75. The van der Waals surface area contributed by atoms with Gasteiger partial charge in [0.15, 0.2) is 5.58 Å². The Kier molecular flexibility index (Phi) is 5.25. The molecule has 5 nitrogen and oxygen atoms in total. The highest BCUT2D eigenvalue weighted by atomic mass is 32.2. The van der Waals surface area contributed by atoms with Gasteiger partial charge in [-0.25, -0.2) is 4.98 Å². The number of amides is 1. The number of carbonyl (C=O) groups is 1. The summed E-state index contributed by atoms with van der Waals surface area (Å²) in [6.07, 6.45) is 1.53. The van der Waals surface area contributed by atoms with Gasteiger partial charge >= 0.3 is 0 Å². The molecule has 1 aromatic carbocycles. The molecular formula is C15H20N2O3S. The monoisotopic (exact) mass is 308 g/mol. The zero-order chi connectivity index (χ0) is 15.3. The molecule has 6 heteroatoms. The molecule has 0 fully saturated rings. The van der Waals surface area contributed by atoms with Gasteiger partial charge in [-0.05, 0) is 25.5 Å². The van der Waals surface area contributed by atoms with Crippen molar-refractivity contribution in [2.75, 3.05) is 12.3 Å². The fourth-order valence-corrected chi connectivity index (χ4v) is 2.68. The summed E-state index contributed by atoms with van der Waals surface area (Å²) in [7, 11) is 0. The van der Waals surface area contributed by atoms with Crippen molar-refractivity contribution in [2.45, 2.75) is 37.5 Å². The zero-order valence-electron chi connectivity index (χ0n) is 12.3. The van der Waals surface area contributed by atoms with Crippen LogP contribution in [-0.4, -0.2) is 33.9 Å². The van der Waals surface area contributed by atoms with Crippen molar-refractivity contribution in [3.63, 3.8) is 0 Å². The van der Waals surface area contributed by atoms with Crippen LogP contribution in [0.4, 0.5) is 0 Å². The number of aliphatic hydroxyl groups is 1. The summed E-state index contributed by atoms with van der Waals surface area (Å²) >= 11 is 1.25. The number of thioether (sulfide) groups is 1. The molecule has 0 radical (unpaired) electrons. The van der Waals surface area contributed by atoms with Crippen molar-refractivity contribution in [2.24, 2.45) is 0 Å². The van der Waals surface area contributed by atoms with Crippen LogP contribution in [0.2, 0.25) is 0 Å². The van der Waals surface area contributed by atoms with Crippen LogP contribution in [0.5, 0.6) is 0 Å². The average Bonchev–Trinajstić information content (AvgIpc) is 2.86. The highest BCUT2D eigenvalue weighted by Crippen LogP contribution is 2.22. The maximum Gasteiger partial charge on any atom is 0.257 e. The van der Waals surface area contributed by atoms with Crippen LogP contribution in [-0.2, 0) is 4.79 Å². The van der Waals surface area contributed by atoms with E-state index in [1.807, 2.05) is 31.2 Å². The first kappa shape index (κ1) is 15.9. The summed E-state index contributed by atoms with van der Waals surface area (Å²) in [6.45, 7) is 3.98. The predicted octanol–water partition coefficient (Wildman–Crippen LogP) is 2.59. The second-order valence-electron chi connectivity index (χ2n) is 5.26. The summed E-state index contributed by atoms with van der Waals surface area (Å²) in [6, 6.07) is 7.48. The number of carbonyl (C=O) groups excluding carboxylic acids is 1. The van der Waals surface area contributed by atoms with E-state index in [0.29, 0.717) is 17.2 Å². The SMILES string of the molecule is CCCC(C)(O)CNC(=O)CSc1nc2ccccc2o1. The number of fused-ring (bicyclic) bond motifs is 1. The van der Waals surface area contributed by atoms with Crippen LogP contribution in [0, 0.1) is 0 Å². The van der Waals surface area contributed by atoms with Crippen LogP contribution in [0.3, 0.4) is 0 Å². The number of hydrogen-bond donors (Lipinski definition) is 2. The van der Waals surface area contributed by atoms with Gasteiger partial charge in [-0.2, -0.15) is 0 Å². The minimum Gasteiger partial charge on any atom is -0.431 e. The molecule has 2 aromatic rings. The number of rotatable bonds is 7. The summed E-state index contributed by atoms with van der Waals surface area (Å²) in [5.41, 5.74) is 0.643. The molecule has 1 amide bonds. The van der Waals surface area contributed by atoms with Crippen molar-refractivity contribution in [1.82, 2.24) is 10.3 Å². The third-order valence-electron chi connectivity index (χ3n) is 3.06. The van der Waals surface area contributed by atoms with Crippen molar-refractivity contribution < 1.29 is 14.3 Å². The van der Waals surface area contributed by atoms with Gasteiger partial charge in [0.1, 0.15) is 5.52 Å². The van der Waals surface area contributed by atoms with E-state index < -0.39 is 5.60 Å². The van der Waals surface area contributed by atoms with Gasteiger partial charge < -0.3 is 14.8 Å². The maximum atomic E-state index is 11.8. The van der Waals surface area contributed by atoms with E-state index in [2.05, 4.69) is 10.3 Å². The van der Waals surface area contributed by atoms with Gasteiger partial charge in [0.25, 0.3) is 5.22 Å². The van der Waals surface area contributed by atoms with Crippen LogP contribution >= 0.6 is 11.8 Å². The molecule has 0 aliphatic rings. The first-order chi connectivity index (χ1) is 10.00. The Morgan fingerprint density at radius 2 is 2.24 bits per heavy atom. The fraction of sp³-hybridized carbons (Fsp3) is 0.467. The van der Waals surface area contributed by atoms with Crippen molar-refractivity contribution >= 4 is 28.8 Å². The molecule has 0 spiro atoms. The van der Waals surface area contributed by atoms with Gasteiger partial charge in [-0.3, -0.25) is 4.79 Å². The summed E-state index contributed by atoms with van der Waals surface area (Å²) < 4.78 is 5.52. The minimum absolute atomic E-state index is 0.140. The van der Waals surface area contributed by atoms with E-state index in [1.165, 1.54) is 11.8 Å². The Labute approximate surface area is 128 Å². The first-order valence-electron chi connectivity index (χ1n) is 6.97. The lowest BCUT2D eigenvalue weighted by atomic mass is 10.0. The van der Waals surface area contributed by atoms with Crippen molar-refractivity contribution in [3.8, 4) is 0 Å². The van der Waals surface area contributed by atoms with E-state index in [4.69, 9.17) is 4.42 Å². The van der Waals surface area contributed by atoms with Gasteiger partial charge in [-0.15, -0.1) is 0 Å². The molecule has 1 atom stereocenters. The third-order valence-corrected chi connectivity index (χ3v) is 3.88. The van der Waals surface area contributed by atoms with Gasteiger partial charge in [0, 0.05) is 6.54 Å². The van der Waals surface area contributed by atoms with E-state index in [9.17, 15) is 9.90 Å². The van der Waals surface area contributed by atoms with Gasteiger partial charge in [-0.1, -0.05) is 37.2 Å². The van der Waals surface area contributed by atoms with Crippen LogP contribution in [0.25, 0.3) is 11.1 Å². The number of oxazole rings is 1. The molecule has 0 bridgehead atoms. The standard InChI is InChI=1S/C15H20N2O3S/c1-3-8-15(2,19)10-16-13(18)9-21-14-17-11-6-4-5-7-12(11)20-14/h4-7,19H,3,8-10H2,1-2H3,(H,16,18). The number of hydrogen-bond acceptors (Lipinski definition) is 5. The van der Waals surface area contributed by atoms with E-state index in [1.54, 1.807) is 6.92 Å². The van der Waals surface area contributed by atoms with E-state index in [0.717, 1.165) is 11.9 Å². The Bertz CT molecular complexity index is 577. The lowest BCUT2D eigenvalue weighted by Gasteiger charge is -2.22. The van der Waals surface area contributed by atoms with Crippen molar-refractivity contribution in [3.05, 3.63) is 24.3 Å². The summed E-state index contributed by atoms with van der Waals surface area (Å²) in [5.74, 6) is 0.0771. The van der Waals surface area contributed by atoms with E-state index >= 15 is 0 Å². The van der Waals surface area contributed by atoms with Gasteiger partial charge in [0.05, 0.1) is 11.4 Å². The Morgan fingerprint density at radius 1 is 1.48 bits per heavy atom. The van der Waals surface area contributed by atoms with Crippen LogP contribution < -0.4 is 5.32 Å². The quantitative estimate of drug-likeness (QED) is 0.769. The Balaban J connectivity index is 1.81. The average molecular weight is 308 g/mol. The van der Waals surface area contributed by atoms with Crippen LogP contribution in [0.1, 0.15) is 26.7 Å². The maximum absolute atomic E-state index is 11.8. The van der Waals surface area contributed by atoms with Gasteiger partial charge in [0.2, 0.25) is 5.91 Å². The molecule has 0 aliphatic heterocycles. The molecule has 0 saturated carbocycles. The molecule has 0 saturated heterocycles. The topological polar surface area (TPSA) is 75.4 Å². The molecule has 2 N–H and O–H groups in total. The largest absolute Gasteiger partial charge is 0.431 e. The minimum atomic E-state index is -0.854. The number of aromatic nitrogens is 1. The molecule has 0 aliphatic carbocycles. The predicted molar refractivity (Wildman–Crippen MR) is 83.3 cm³/mol. The summed E-state index contributed by atoms with van der Waals surface area (Å²) in [5, 5.41) is 13.2. The first-order valence-corrected chi connectivity index (χ1v) is 7.96. The molecular weight excluding hydrogens is 288 g/mol. The van der Waals surface area contributed by atoms with E-state index in [-0.39, 0.29) is 18.2 Å². The molecule has 21 heavy (non-hydrogen) atoms. The lowest BCUT2D eigenvalue weighted by Crippen LogP contribution is -2.41. The van der Waals surface area contributed by atoms with Crippen LogP contribution in [0.15, 0.2) is 33.9 Å². The second kappa shape index (κ2) is 6.95. The number of benzene rings is 1. The molecule has 1 heterocycles. The normalized spacial score (nSPS) is 14.0. The number of nitrogens with zero attached hydrogens (tertiary/aromatic N) is 1. The highest BCUT2D eigenvalue weighted by molar-refractivity contribution is 7.99. The Hall–Kier alpha value is -1.53. The second-order valence-corrected chi connectivity index (χ2v) is 6.19. The zero-order valence-corrected chi connectivity index (χ0v) is 13.1. The molecule has 114 valence electrons. The number of para-hydroxylation sites is 2. The number of nitrogens with one attached hydrogen (secondary N) is 1. The summed E-state index contributed by atoms with van der Waals surface area (Å²) in [4.78, 5) is 16.1. The van der Waals surface area contributed by atoms with Crippen molar-refractivity contribution in [1.29, 1.82) is 0 Å². The Morgan fingerprint density at radius 3 is 2.95 bits per heavy atom. The highest BCUT2D eigenvalue weighted by Gasteiger charge is 2.20. The molecule has 2 rings (SSSR count). The smallest absolute Gasteiger partial charge is 0.257 e. The lowest BCUT2D eigenvalue weighted by molar-refractivity contribution is -0.119. The fourth-order valence-electron chi connectivity index (χ4n) is 2.01. The molecule has 1 aromatic heterocycles.